The van der Waals surface area contributed by atoms with Gasteiger partial charge in [0.05, 0.1) is 34.8 Å². The van der Waals surface area contributed by atoms with Crippen LogP contribution in [0, 0.1) is 11.3 Å². The van der Waals surface area contributed by atoms with Crippen LogP contribution in [0.2, 0.25) is 5.02 Å². The molecule has 0 aliphatic carbocycles. The van der Waals surface area contributed by atoms with Crippen LogP contribution in [0.1, 0.15) is 17.5 Å². The highest BCUT2D eigenvalue weighted by Gasteiger charge is 2.29. The predicted molar refractivity (Wildman–Crippen MR) is 105 cm³/mol. The van der Waals surface area contributed by atoms with Crippen molar-refractivity contribution in [1.82, 2.24) is 9.55 Å². The molecule has 0 saturated carbocycles. The number of aromatic nitrogens is 2. The number of rotatable bonds is 3. The van der Waals surface area contributed by atoms with Gasteiger partial charge in [-0.05, 0) is 36.2 Å². The predicted octanol–water partition coefficient (Wildman–Crippen LogP) is 3.49. The lowest BCUT2D eigenvalue weighted by atomic mass is 10.1. The number of para-hydroxylation sites is 1. The number of alkyl halides is 1. The maximum atomic E-state index is 13.8. The van der Waals surface area contributed by atoms with Crippen LogP contribution in [-0.4, -0.2) is 34.9 Å². The highest BCUT2D eigenvalue weighted by atomic mass is 35.5. The number of anilines is 1. The van der Waals surface area contributed by atoms with Crippen LogP contribution >= 0.6 is 11.6 Å². The minimum Gasteiger partial charge on any atom is -0.340 e. The number of hydrogen-bond acceptors (Lipinski definition) is 4. The Morgan fingerprint density at radius 3 is 2.74 bits per heavy atom. The van der Waals surface area contributed by atoms with Crippen LogP contribution in [0.3, 0.4) is 0 Å². The molecule has 1 aliphatic rings. The third-order valence-electron chi connectivity index (χ3n) is 4.99. The lowest BCUT2D eigenvalue weighted by Crippen LogP contribution is -2.50. The third-order valence-corrected chi connectivity index (χ3v) is 5.29. The molecular weight excluding hydrogens is 365 g/mol. The van der Waals surface area contributed by atoms with Crippen LogP contribution in [0.15, 0.2) is 42.5 Å². The first-order valence-corrected chi connectivity index (χ1v) is 9.23. The van der Waals surface area contributed by atoms with Crippen molar-refractivity contribution in [2.45, 2.75) is 25.2 Å². The number of nitrogens with zero attached hydrogens (tertiary/aromatic N) is 4. The van der Waals surface area contributed by atoms with Gasteiger partial charge in [-0.3, -0.25) is 0 Å². The number of benzene rings is 2. The summed E-state index contributed by atoms with van der Waals surface area (Å²) < 4.78 is 15.9. The van der Waals surface area contributed by atoms with Gasteiger partial charge in [-0.15, -0.1) is 0 Å². The van der Waals surface area contributed by atoms with Crippen molar-refractivity contribution in [3.63, 3.8) is 0 Å². The fourth-order valence-corrected chi connectivity index (χ4v) is 3.71. The molecule has 1 aromatic heterocycles. The maximum Gasteiger partial charge on any atom is 0.206 e. The van der Waals surface area contributed by atoms with Gasteiger partial charge in [0.15, 0.2) is 0 Å². The summed E-state index contributed by atoms with van der Waals surface area (Å²) in [5, 5.41) is 9.57. The zero-order valence-electron chi connectivity index (χ0n) is 14.6. The fraction of sp³-hybridized carbons (Fsp3) is 0.300. The molecule has 0 amide bonds. The molecule has 2 N–H and O–H groups in total. The van der Waals surface area contributed by atoms with E-state index in [2.05, 4.69) is 10.6 Å². The summed E-state index contributed by atoms with van der Waals surface area (Å²) >= 11 is 6.36. The molecular formula is C20H19ClFN5. The largest absolute Gasteiger partial charge is 0.340 e. The number of halogens is 2. The Hall–Kier alpha value is -2.62. The van der Waals surface area contributed by atoms with E-state index >= 15 is 0 Å². The Kier molecular flexibility index (Phi) is 4.73. The summed E-state index contributed by atoms with van der Waals surface area (Å²) in [6.45, 7) is 1.54. The number of imidazole rings is 1. The lowest BCUT2D eigenvalue weighted by Gasteiger charge is -2.34. The number of piperidine rings is 1. The zero-order valence-corrected chi connectivity index (χ0v) is 15.4. The van der Waals surface area contributed by atoms with Gasteiger partial charge in [0.1, 0.15) is 11.7 Å². The Bertz CT molecular complexity index is 1010. The van der Waals surface area contributed by atoms with Crippen LogP contribution in [0.5, 0.6) is 0 Å². The van der Waals surface area contributed by atoms with Crippen LogP contribution in [0.4, 0.5) is 10.3 Å². The van der Waals surface area contributed by atoms with Gasteiger partial charge in [-0.25, -0.2) is 9.37 Å². The molecule has 1 fully saturated rings. The lowest BCUT2D eigenvalue weighted by molar-refractivity contribution is 0.243. The average molecular weight is 384 g/mol. The molecule has 0 radical (unpaired) electrons. The highest BCUT2D eigenvalue weighted by molar-refractivity contribution is 6.35. The van der Waals surface area contributed by atoms with E-state index in [0.29, 0.717) is 36.6 Å². The van der Waals surface area contributed by atoms with Gasteiger partial charge < -0.3 is 15.2 Å². The minimum absolute atomic E-state index is 0.384. The van der Waals surface area contributed by atoms with Crippen molar-refractivity contribution < 1.29 is 4.39 Å². The standard InChI is InChI=1S/C20H19ClFN5/c21-15-2-1-3-18-19(15)25-20(26-9-8-16(22)17(24)12-26)27(18)11-14-6-4-13(10-23)5-7-14/h1-7,16-17H,8-9,11-12,24H2/t16-,17+/m0/s1. The average Bonchev–Trinajstić information content (AvgIpc) is 3.04. The van der Waals surface area contributed by atoms with Gasteiger partial charge in [0, 0.05) is 13.1 Å². The summed E-state index contributed by atoms with van der Waals surface area (Å²) in [6.07, 6.45) is -0.601. The monoisotopic (exact) mass is 383 g/mol. The molecule has 0 unspecified atom stereocenters. The quantitative estimate of drug-likeness (QED) is 0.751. The summed E-state index contributed by atoms with van der Waals surface area (Å²) in [7, 11) is 0. The molecule has 0 bridgehead atoms. The van der Waals surface area contributed by atoms with Crippen molar-refractivity contribution in [2.24, 2.45) is 5.73 Å². The molecule has 1 saturated heterocycles. The molecule has 2 heterocycles. The van der Waals surface area contributed by atoms with Crippen molar-refractivity contribution in [1.29, 1.82) is 5.26 Å². The number of hydrogen-bond donors (Lipinski definition) is 1. The summed E-state index contributed by atoms with van der Waals surface area (Å²) in [5.41, 5.74) is 9.25. The van der Waals surface area contributed by atoms with E-state index in [0.717, 1.165) is 22.5 Å². The van der Waals surface area contributed by atoms with E-state index in [1.54, 1.807) is 12.1 Å². The molecule has 5 nitrogen and oxygen atoms in total. The molecule has 1 aliphatic heterocycles. The van der Waals surface area contributed by atoms with E-state index in [1.165, 1.54) is 0 Å². The maximum absolute atomic E-state index is 13.8. The van der Waals surface area contributed by atoms with Crippen molar-refractivity contribution >= 4 is 28.6 Å². The smallest absolute Gasteiger partial charge is 0.206 e. The summed E-state index contributed by atoms with van der Waals surface area (Å²) in [4.78, 5) is 6.78. The first kappa shape index (κ1) is 17.8. The third kappa shape index (κ3) is 3.36. The zero-order chi connectivity index (χ0) is 19.0. The topological polar surface area (TPSA) is 70.9 Å². The first-order chi connectivity index (χ1) is 13.1. The summed E-state index contributed by atoms with van der Waals surface area (Å²) in [6, 6.07) is 14.7. The van der Waals surface area contributed by atoms with Gasteiger partial charge in [-0.2, -0.15) is 5.26 Å². The van der Waals surface area contributed by atoms with E-state index in [4.69, 9.17) is 27.6 Å². The van der Waals surface area contributed by atoms with Gasteiger partial charge in [0.25, 0.3) is 0 Å². The van der Waals surface area contributed by atoms with Crippen LogP contribution in [0.25, 0.3) is 11.0 Å². The molecule has 4 rings (SSSR count). The Morgan fingerprint density at radius 1 is 1.26 bits per heavy atom. The van der Waals surface area contributed by atoms with Crippen LogP contribution in [-0.2, 0) is 6.54 Å². The van der Waals surface area contributed by atoms with Crippen molar-refractivity contribution in [2.75, 3.05) is 18.0 Å². The number of nitrogens with two attached hydrogens (primary N) is 1. The Morgan fingerprint density at radius 2 is 2.04 bits per heavy atom. The van der Waals surface area contributed by atoms with Gasteiger partial charge in [-0.1, -0.05) is 29.8 Å². The summed E-state index contributed by atoms with van der Waals surface area (Å²) in [5.74, 6) is 0.741. The fourth-order valence-electron chi connectivity index (χ4n) is 3.50. The second-order valence-electron chi connectivity index (χ2n) is 6.83. The molecule has 0 spiro atoms. The number of nitriles is 1. The molecule has 3 aromatic rings. The number of fused-ring (bicyclic) bond motifs is 1. The first-order valence-electron chi connectivity index (χ1n) is 8.85. The second kappa shape index (κ2) is 7.18. The normalized spacial score (nSPS) is 20.0. The van der Waals surface area contributed by atoms with Crippen LogP contribution < -0.4 is 10.6 Å². The Labute approximate surface area is 161 Å². The Balaban J connectivity index is 1.77. The van der Waals surface area contributed by atoms with E-state index < -0.39 is 12.2 Å². The van der Waals surface area contributed by atoms with E-state index in [-0.39, 0.29) is 0 Å². The highest BCUT2D eigenvalue weighted by Crippen LogP contribution is 2.30. The molecule has 138 valence electrons. The van der Waals surface area contributed by atoms with E-state index in [9.17, 15) is 4.39 Å². The molecule has 7 heteroatoms. The molecule has 27 heavy (non-hydrogen) atoms. The minimum atomic E-state index is -0.985. The van der Waals surface area contributed by atoms with Gasteiger partial charge in [0.2, 0.25) is 5.95 Å². The van der Waals surface area contributed by atoms with Crippen molar-refractivity contribution in [3.8, 4) is 6.07 Å². The van der Waals surface area contributed by atoms with Crippen molar-refractivity contribution in [3.05, 3.63) is 58.6 Å². The molecule has 2 aromatic carbocycles. The second-order valence-corrected chi connectivity index (χ2v) is 7.24. The molecule has 2 atom stereocenters. The van der Waals surface area contributed by atoms with E-state index in [1.807, 2.05) is 35.2 Å². The van der Waals surface area contributed by atoms with Gasteiger partial charge >= 0.3 is 0 Å². The SMILES string of the molecule is N#Cc1ccc(Cn2c(N3CC[C@H](F)[C@H](N)C3)nc3c(Cl)cccc32)cc1.